The smallest absolute Gasteiger partial charge is 0.417 e. The standard InChI is InChI=1S/C15H37NO4Si4/c1-21(2,3)18-24(19-22(4,5)6,20-23(7,8)9)14-12-10-11-13-15(16)17/h11,13H,10,12,14H2,1-9H3,(H2,16,17). The molecule has 0 unspecified atom stereocenters. The molecule has 0 aliphatic heterocycles. The third-order valence-electron chi connectivity index (χ3n) is 2.52. The van der Waals surface area contributed by atoms with Crippen LogP contribution in [-0.2, 0) is 17.1 Å². The summed E-state index contributed by atoms with van der Waals surface area (Å²) < 4.78 is 19.8. The molecule has 0 spiro atoms. The van der Waals surface area contributed by atoms with Crippen LogP contribution in [-0.4, -0.2) is 39.7 Å². The molecule has 0 saturated carbocycles. The van der Waals surface area contributed by atoms with E-state index in [2.05, 4.69) is 58.9 Å². The van der Waals surface area contributed by atoms with Crippen molar-refractivity contribution in [1.82, 2.24) is 0 Å². The lowest BCUT2D eigenvalue weighted by atomic mass is 10.3. The monoisotopic (exact) mass is 407 g/mol. The number of nitrogens with two attached hydrogens (primary N) is 1. The van der Waals surface area contributed by atoms with E-state index in [0.29, 0.717) is 0 Å². The topological polar surface area (TPSA) is 70.8 Å². The first-order valence-electron chi connectivity index (χ1n) is 8.60. The Kier molecular flexibility index (Phi) is 9.04. The molecule has 0 aliphatic rings. The van der Waals surface area contributed by atoms with Crippen LogP contribution in [0.1, 0.15) is 12.8 Å². The van der Waals surface area contributed by atoms with Crippen molar-refractivity contribution in [2.75, 3.05) is 0 Å². The van der Waals surface area contributed by atoms with Crippen LogP contribution >= 0.6 is 0 Å². The summed E-state index contributed by atoms with van der Waals surface area (Å²) in [5.41, 5.74) is 5.14. The van der Waals surface area contributed by atoms with Crippen molar-refractivity contribution in [3.63, 3.8) is 0 Å². The summed E-state index contributed by atoms with van der Waals surface area (Å²) in [6.45, 7) is 19.7. The predicted molar refractivity (Wildman–Crippen MR) is 111 cm³/mol. The molecule has 0 rings (SSSR count). The quantitative estimate of drug-likeness (QED) is 0.315. The number of allylic oxidation sites excluding steroid dienone is 1. The lowest BCUT2D eigenvalue weighted by Crippen LogP contribution is -2.60. The fourth-order valence-corrected chi connectivity index (χ4v) is 16.9. The van der Waals surface area contributed by atoms with E-state index in [0.717, 1.165) is 18.9 Å². The van der Waals surface area contributed by atoms with Crippen molar-refractivity contribution in [2.24, 2.45) is 5.73 Å². The van der Waals surface area contributed by atoms with E-state index in [1.54, 1.807) is 0 Å². The normalized spacial score (nSPS) is 14.4. The van der Waals surface area contributed by atoms with Gasteiger partial charge in [-0.3, -0.25) is 4.79 Å². The molecule has 0 aromatic carbocycles. The first kappa shape index (κ1) is 24.0. The van der Waals surface area contributed by atoms with Gasteiger partial charge in [0.15, 0.2) is 25.0 Å². The summed E-state index contributed by atoms with van der Waals surface area (Å²) in [5.74, 6) is -0.409. The first-order valence-corrected chi connectivity index (χ1v) is 20.8. The summed E-state index contributed by atoms with van der Waals surface area (Å²) in [5, 5.41) is 0. The summed E-state index contributed by atoms with van der Waals surface area (Å²) in [6, 6.07) is 0.787. The molecule has 24 heavy (non-hydrogen) atoms. The lowest BCUT2D eigenvalue weighted by molar-refractivity contribution is -0.113. The van der Waals surface area contributed by atoms with Gasteiger partial charge in [0.1, 0.15) is 0 Å². The number of carbonyl (C=O) groups is 1. The number of hydrogen-bond donors (Lipinski definition) is 1. The molecule has 1 amide bonds. The van der Waals surface area contributed by atoms with Gasteiger partial charge < -0.3 is 18.1 Å². The second-order valence-corrected chi connectivity index (χ2v) is 26.0. The summed E-state index contributed by atoms with van der Waals surface area (Å²) >= 11 is 0. The van der Waals surface area contributed by atoms with Gasteiger partial charge in [-0.1, -0.05) is 6.08 Å². The van der Waals surface area contributed by atoms with Crippen molar-refractivity contribution < 1.29 is 17.1 Å². The zero-order valence-corrected chi connectivity index (χ0v) is 21.0. The zero-order chi connectivity index (χ0) is 19.2. The average molecular weight is 408 g/mol. The van der Waals surface area contributed by atoms with Crippen LogP contribution < -0.4 is 5.73 Å². The summed E-state index contributed by atoms with van der Waals surface area (Å²) in [4.78, 5) is 10.8. The molecule has 142 valence electrons. The second-order valence-electron chi connectivity index (χ2n) is 9.02. The highest BCUT2D eigenvalue weighted by atomic mass is 28.5. The van der Waals surface area contributed by atoms with Crippen molar-refractivity contribution in [3.05, 3.63) is 12.2 Å². The van der Waals surface area contributed by atoms with Crippen LogP contribution in [0.15, 0.2) is 12.2 Å². The Morgan fingerprint density at radius 2 is 1.21 bits per heavy atom. The Bertz CT molecular complexity index is 395. The zero-order valence-electron chi connectivity index (χ0n) is 17.0. The molecule has 0 aromatic heterocycles. The highest BCUT2D eigenvalue weighted by molar-refractivity contribution is 6.90. The molecular formula is C15H37NO4Si4. The molecule has 0 saturated heterocycles. The van der Waals surface area contributed by atoms with Crippen LogP contribution in [0.25, 0.3) is 0 Å². The summed E-state index contributed by atoms with van der Waals surface area (Å²) in [6.07, 6.45) is 4.88. The van der Waals surface area contributed by atoms with Gasteiger partial charge in [-0.25, -0.2) is 0 Å². The average Bonchev–Trinajstić information content (AvgIpc) is 2.19. The summed E-state index contributed by atoms with van der Waals surface area (Å²) in [7, 11) is -8.19. The van der Waals surface area contributed by atoms with Gasteiger partial charge in [-0.05, 0) is 77.8 Å². The first-order chi connectivity index (χ1) is 10.5. The minimum absolute atomic E-state index is 0.409. The minimum Gasteiger partial charge on any atom is -0.417 e. The largest absolute Gasteiger partial charge is 0.469 e. The van der Waals surface area contributed by atoms with Crippen LogP contribution in [0, 0.1) is 0 Å². The maximum atomic E-state index is 10.8. The van der Waals surface area contributed by atoms with Crippen LogP contribution in [0.4, 0.5) is 0 Å². The highest BCUT2D eigenvalue weighted by Gasteiger charge is 2.49. The molecule has 0 radical (unpaired) electrons. The Hall–Kier alpha value is -0.0425. The predicted octanol–water partition coefficient (Wildman–Crippen LogP) is 4.30. The maximum Gasteiger partial charge on any atom is 0.469 e. The van der Waals surface area contributed by atoms with E-state index in [9.17, 15) is 4.79 Å². The molecule has 5 nitrogen and oxygen atoms in total. The molecule has 2 N–H and O–H groups in total. The fourth-order valence-electron chi connectivity index (χ4n) is 2.25. The van der Waals surface area contributed by atoms with Gasteiger partial charge in [0.25, 0.3) is 0 Å². The van der Waals surface area contributed by atoms with Crippen LogP contribution in [0.5, 0.6) is 0 Å². The van der Waals surface area contributed by atoms with Crippen molar-refractivity contribution >= 4 is 39.7 Å². The number of unbranched alkanes of at least 4 members (excludes halogenated alkanes) is 1. The second kappa shape index (κ2) is 9.06. The molecule has 9 heteroatoms. The van der Waals surface area contributed by atoms with Crippen molar-refractivity contribution in [2.45, 2.75) is 77.8 Å². The molecule has 0 aromatic rings. The third kappa shape index (κ3) is 13.3. The van der Waals surface area contributed by atoms with Gasteiger partial charge in [-0.15, -0.1) is 0 Å². The maximum absolute atomic E-state index is 10.8. The molecule has 0 aliphatic carbocycles. The highest BCUT2D eigenvalue weighted by Crippen LogP contribution is 2.30. The van der Waals surface area contributed by atoms with E-state index in [4.69, 9.17) is 18.1 Å². The third-order valence-corrected chi connectivity index (χ3v) is 14.6. The fraction of sp³-hybridized carbons (Fsp3) is 0.800. The van der Waals surface area contributed by atoms with Gasteiger partial charge in [0.2, 0.25) is 5.91 Å². The van der Waals surface area contributed by atoms with Crippen molar-refractivity contribution in [3.8, 4) is 0 Å². The van der Waals surface area contributed by atoms with Gasteiger partial charge in [-0.2, -0.15) is 0 Å². The van der Waals surface area contributed by atoms with Crippen molar-refractivity contribution in [1.29, 1.82) is 0 Å². The van der Waals surface area contributed by atoms with E-state index in [1.807, 2.05) is 6.08 Å². The number of carbonyl (C=O) groups excluding carboxylic acids is 1. The molecule has 0 heterocycles. The SMILES string of the molecule is C[Si](C)(C)O[Si](CCCC=CC(N)=O)(O[Si](C)(C)C)O[Si](C)(C)C. The molecular weight excluding hydrogens is 371 g/mol. The number of rotatable bonds is 11. The number of hydrogen-bond acceptors (Lipinski definition) is 4. The Balaban J connectivity index is 5.34. The van der Waals surface area contributed by atoms with E-state index < -0.39 is 39.7 Å². The van der Waals surface area contributed by atoms with Gasteiger partial charge in [0, 0.05) is 6.04 Å². The Morgan fingerprint density at radius 1 is 0.833 bits per heavy atom. The van der Waals surface area contributed by atoms with E-state index in [-0.39, 0.29) is 0 Å². The number of amides is 1. The van der Waals surface area contributed by atoms with Crippen LogP contribution in [0.3, 0.4) is 0 Å². The minimum atomic E-state index is -2.74. The Labute approximate surface area is 152 Å². The number of primary amides is 1. The molecule has 0 atom stereocenters. The van der Waals surface area contributed by atoms with Gasteiger partial charge in [0.05, 0.1) is 0 Å². The van der Waals surface area contributed by atoms with E-state index in [1.165, 1.54) is 6.08 Å². The molecule has 0 bridgehead atoms. The molecule has 0 fully saturated rings. The van der Waals surface area contributed by atoms with E-state index >= 15 is 0 Å². The van der Waals surface area contributed by atoms with Crippen LogP contribution in [0.2, 0.25) is 65.0 Å². The van der Waals surface area contributed by atoms with Gasteiger partial charge >= 0.3 is 8.80 Å². The Morgan fingerprint density at radius 3 is 1.50 bits per heavy atom. The lowest BCUT2D eigenvalue weighted by Gasteiger charge is -2.42.